The van der Waals surface area contributed by atoms with Crippen LogP contribution in [0.4, 0.5) is 0 Å². The van der Waals surface area contributed by atoms with Crippen molar-refractivity contribution >= 4 is 25.0 Å². The molecule has 0 saturated heterocycles. The second-order valence-corrected chi connectivity index (χ2v) is 12.4. The molecule has 0 atom stereocenters. The molecule has 0 spiro atoms. The lowest BCUT2D eigenvalue weighted by molar-refractivity contribution is 0.399. The van der Waals surface area contributed by atoms with E-state index in [1.54, 1.807) is 7.11 Å². The van der Waals surface area contributed by atoms with Crippen LogP contribution in [-0.4, -0.2) is 35.2 Å². The number of methoxy groups -OCH3 is 1. The summed E-state index contributed by atoms with van der Waals surface area (Å²) in [6.07, 6.45) is 3.85. The highest BCUT2D eigenvalue weighted by atomic mass is 35.5. The number of rotatable bonds is 5. The van der Waals surface area contributed by atoms with Crippen LogP contribution in [0.1, 0.15) is 5.56 Å². The molecule has 130 valence electrons. The standard InChI is InChI=1S/C18H21ClN4OSi/c1-24-18-16(14-6-5-7-15(19)9-14)8-13(10-20-18)11-23-12-17(21-22-23)25(2,3)4/h5-10,12H,11H2,1-4H3. The van der Waals surface area contributed by atoms with E-state index in [0.29, 0.717) is 17.4 Å². The second-order valence-electron chi connectivity index (χ2n) is 6.96. The van der Waals surface area contributed by atoms with Crippen molar-refractivity contribution in [3.8, 4) is 17.0 Å². The topological polar surface area (TPSA) is 52.8 Å². The summed E-state index contributed by atoms with van der Waals surface area (Å²) in [6, 6.07) is 9.73. The zero-order valence-corrected chi connectivity index (χ0v) is 16.6. The number of pyridine rings is 1. The van der Waals surface area contributed by atoms with Gasteiger partial charge in [0.2, 0.25) is 5.88 Å². The molecule has 0 amide bonds. The van der Waals surface area contributed by atoms with Gasteiger partial charge in [-0.15, -0.1) is 5.10 Å². The summed E-state index contributed by atoms with van der Waals surface area (Å²) in [4.78, 5) is 4.44. The van der Waals surface area contributed by atoms with E-state index in [2.05, 4.69) is 41.0 Å². The molecule has 3 rings (SSSR count). The Morgan fingerprint density at radius 2 is 2.00 bits per heavy atom. The summed E-state index contributed by atoms with van der Waals surface area (Å²) >= 11 is 6.13. The third-order valence-corrected chi connectivity index (χ3v) is 5.89. The van der Waals surface area contributed by atoms with E-state index in [1.807, 2.05) is 41.3 Å². The van der Waals surface area contributed by atoms with Gasteiger partial charge in [-0.1, -0.05) is 48.6 Å². The van der Waals surface area contributed by atoms with E-state index >= 15 is 0 Å². The molecule has 1 aromatic carbocycles. The van der Waals surface area contributed by atoms with E-state index in [4.69, 9.17) is 16.3 Å². The minimum atomic E-state index is -1.46. The zero-order valence-electron chi connectivity index (χ0n) is 14.8. The van der Waals surface area contributed by atoms with Gasteiger partial charge in [-0.3, -0.25) is 0 Å². The molecular formula is C18H21ClN4OSi. The molecule has 0 bridgehead atoms. The number of halogens is 1. The highest BCUT2D eigenvalue weighted by Crippen LogP contribution is 2.30. The van der Waals surface area contributed by atoms with Crippen molar-refractivity contribution in [1.82, 2.24) is 20.0 Å². The van der Waals surface area contributed by atoms with Crippen LogP contribution in [0.3, 0.4) is 0 Å². The van der Waals surface area contributed by atoms with Crippen LogP contribution in [0.15, 0.2) is 42.7 Å². The summed E-state index contributed by atoms with van der Waals surface area (Å²) in [6.45, 7) is 7.39. The largest absolute Gasteiger partial charge is 0.481 e. The average Bonchev–Trinajstić information content (AvgIpc) is 3.03. The first kappa shape index (κ1) is 17.6. The lowest BCUT2D eigenvalue weighted by Gasteiger charge is -2.11. The molecule has 2 heterocycles. The molecule has 0 fully saturated rings. The van der Waals surface area contributed by atoms with Crippen molar-refractivity contribution in [3.05, 3.63) is 53.3 Å². The maximum absolute atomic E-state index is 6.13. The summed E-state index contributed by atoms with van der Waals surface area (Å²) in [5.41, 5.74) is 2.91. The average molecular weight is 373 g/mol. The maximum atomic E-state index is 6.13. The van der Waals surface area contributed by atoms with E-state index in [1.165, 1.54) is 0 Å². The molecule has 0 aliphatic carbocycles. The number of hydrogen-bond donors (Lipinski definition) is 0. The predicted molar refractivity (Wildman–Crippen MR) is 103 cm³/mol. The minimum absolute atomic E-state index is 0.576. The Hall–Kier alpha value is -2.18. The first-order valence-electron chi connectivity index (χ1n) is 8.06. The molecule has 0 aliphatic rings. The van der Waals surface area contributed by atoms with Gasteiger partial charge in [-0.25, -0.2) is 9.67 Å². The molecule has 7 heteroatoms. The Morgan fingerprint density at radius 1 is 1.20 bits per heavy atom. The summed E-state index contributed by atoms with van der Waals surface area (Å²) in [7, 11) is 0.160. The first-order valence-corrected chi connectivity index (χ1v) is 11.9. The molecule has 3 aromatic rings. The Bertz CT molecular complexity index is 889. The molecule has 25 heavy (non-hydrogen) atoms. The molecule has 0 radical (unpaired) electrons. The number of benzene rings is 1. The van der Waals surface area contributed by atoms with E-state index in [-0.39, 0.29) is 0 Å². The van der Waals surface area contributed by atoms with Gasteiger partial charge < -0.3 is 4.74 Å². The quantitative estimate of drug-likeness (QED) is 0.642. The Morgan fingerprint density at radius 3 is 2.64 bits per heavy atom. The fourth-order valence-electron chi connectivity index (χ4n) is 2.51. The lowest BCUT2D eigenvalue weighted by Crippen LogP contribution is -2.38. The fourth-order valence-corrected chi connectivity index (χ4v) is 3.59. The normalized spacial score (nSPS) is 11.6. The molecule has 0 unspecified atom stereocenters. The number of ether oxygens (including phenoxy) is 1. The molecule has 2 aromatic heterocycles. The van der Waals surface area contributed by atoms with Crippen molar-refractivity contribution in [2.75, 3.05) is 7.11 Å². The molecule has 0 aliphatic heterocycles. The van der Waals surface area contributed by atoms with Crippen molar-refractivity contribution in [2.24, 2.45) is 0 Å². The molecular weight excluding hydrogens is 352 g/mol. The number of nitrogens with zero attached hydrogens (tertiary/aromatic N) is 4. The van der Waals surface area contributed by atoms with Crippen LogP contribution in [-0.2, 0) is 6.54 Å². The molecule has 0 saturated carbocycles. The van der Waals surface area contributed by atoms with Crippen LogP contribution in [0.5, 0.6) is 5.88 Å². The Kier molecular flexibility index (Phi) is 4.92. The monoisotopic (exact) mass is 372 g/mol. The highest BCUT2D eigenvalue weighted by Gasteiger charge is 2.20. The lowest BCUT2D eigenvalue weighted by atomic mass is 10.1. The minimum Gasteiger partial charge on any atom is -0.481 e. The maximum Gasteiger partial charge on any atom is 0.221 e. The smallest absolute Gasteiger partial charge is 0.221 e. The zero-order chi connectivity index (χ0) is 18.0. The second kappa shape index (κ2) is 6.97. The van der Waals surface area contributed by atoms with Crippen molar-refractivity contribution in [1.29, 1.82) is 0 Å². The number of aromatic nitrogens is 4. The Balaban J connectivity index is 1.93. The van der Waals surface area contributed by atoms with E-state index < -0.39 is 8.07 Å². The van der Waals surface area contributed by atoms with Crippen LogP contribution < -0.4 is 10.1 Å². The van der Waals surface area contributed by atoms with Gasteiger partial charge in [-0.05, 0) is 29.3 Å². The Labute approximate surface area is 153 Å². The summed E-state index contributed by atoms with van der Waals surface area (Å²) in [5.74, 6) is 0.576. The van der Waals surface area contributed by atoms with Gasteiger partial charge in [0.15, 0.2) is 0 Å². The third kappa shape index (κ3) is 4.08. The van der Waals surface area contributed by atoms with Gasteiger partial charge in [-0.2, -0.15) is 0 Å². The SMILES string of the molecule is COc1ncc(Cn2cc([Si](C)(C)C)nn2)cc1-c1cccc(Cl)c1. The van der Waals surface area contributed by atoms with Crippen LogP contribution in [0, 0.1) is 0 Å². The van der Waals surface area contributed by atoms with Gasteiger partial charge in [0.05, 0.1) is 19.0 Å². The van der Waals surface area contributed by atoms with Crippen molar-refractivity contribution in [3.63, 3.8) is 0 Å². The van der Waals surface area contributed by atoms with Crippen molar-refractivity contribution < 1.29 is 4.74 Å². The van der Waals surface area contributed by atoms with Gasteiger partial charge >= 0.3 is 0 Å². The number of hydrogen-bond acceptors (Lipinski definition) is 4. The first-order chi connectivity index (χ1) is 11.9. The fraction of sp³-hybridized carbons (Fsp3) is 0.278. The van der Waals surface area contributed by atoms with Gasteiger partial charge in [0.25, 0.3) is 0 Å². The van der Waals surface area contributed by atoms with Crippen LogP contribution >= 0.6 is 11.6 Å². The van der Waals surface area contributed by atoms with E-state index in [9.17, 15) is 0 Å². The third-order valence-electron chi connectivity index (χ3n) is 3.89. The highest BCUT2D eigenvalue weighted by molar-refractivity contribution is 6.88. The predicted octanol–water partition coefficient (Wildman–Crippen LogP) is 3.60. The summed E-state index contributed by atoms with van der Waals surface area (Å²) in [5, 5.41) is 10.4. The molecule has 0 N–H and O–H groups in total. The van der Waals surface area contributed by atoms with E-state index in [0.717, 1.165) is 22.0 Å². The van der Waals surface area contributed by atoms with Crippen LogP contribution in [0.2, 0.25) is 24.7 Å². The van der Waals surface area contributed by atoms with Crippen molar-refractivity contribution in [2.45, 2.75) is 26.2 Å². The van der Waals surface area contributed by atoms with Gasteiger partial charge in [0, 0.05) is 23.0 Å². The summed E-state index contributed by atoms with van der Waals surface area (Å²) < 4.78 is 7.27. The molecule has 5 nitrogen and oxygen atoms in total. The van der Waals surface area contributed by atoms with Gasteiger partial charge in [0.1, 0.15) is 8.07 Å². The van der Waals surface area contributed by atoms with Crippen LogP contribution in [0.25, 0.3) is 11.1 Å².